The van der Waals surface area contributed by atoms with E-state index in [1.807, 2.05) is 42.5 Å². The molecule has 17 heavy (non-hydrogen) atoms. The van der Waals surface area contributed by atoms with Gasteiger partial charge in [-0.1, -0.05) is 29.7 Å². The molecular formula is C15H11ClO. The Labute approximate surface area is 106 Å². The molecule has 2 rings (SSSR count). The fourth-order valence-corrected chi connectivity index (χ4v) is 1.78. The molecule has 1 nitrogen and oxygen atoms in total. The Balaban J connectivity index is 2.52. The molecule has 0 saturated heterocycles. The summed E-state index contributed by atoms with van der Waals surface area (Å²) >= 11 is 5.86. The van der Waals surface area contributed by atoms with Crippen molar-refractivity contribution in [2.75, 3.05) is 7.11 Å². The molecule has 0 radical (unpaired) electrons. The van der Waals surface area contributed by atoms with Gasteiger partial charge >= 0.3 is 0 Å². The molecule has 0 unspecified atom stereocenters. The highest BCUT2D eigenvalue weighted by atomic mass is 35.5. The van der Waals surface area contributed by atoms with Gasteiger partial charge in [0.05, 0.1) is 7.11 Å². The van der Waals surface area contributed by atoms with E-state index >= 15 is 0 Å². The van der Waals surface area contributed by atoms with Crippen molar-refractivity contribution >= 4 is 11.6 Å². The average molecular weight is 243 g/mol. The van der Waals surface area contributed by atoms with Gasteiger partial charge in [-0.15, -0.1) is 6.42 Å². The largest absolute Gasteiger partial charge is 0.497 e. The quantitative estimate of drug-likeness (QED) is 0.724. The van der Waals surface area contributed by atoms with E-state index in [1.54, 1.807) is 7.11 Å². The monoisotopic (exact) mass is 242 g/mol. The standard InChI is InChI=1S/C15H11ClO/c1-3-11-10-14(17-2)8-9-15(11)12-4-6-13(16)7-5-12/h1,4-10H,2H3. The van der Waals surface area contributed by atoms with Gasteiger partial charge in [0.2, 0.25) is 0 Å². The molecule has 2 aromatic carbocycles. The number of rotatable bonds is 2. The Hall–Kier alpha value is -1.91. The topological polar surface area (TPSA) is 9.23 Å². The van der Waals surface area contributed by atoms with Gasteiger partial charge in [-0.2, -0.15) is 0 Å². The van der Waals surface area contributed by atoms with Crippen LogP contribution in [0, 0.1) is 12.3 Å². The van der Waals surface area contributed by atoms with Crippen molar-refractivity contribution in [3.63, 3.8) is 0 Å². The molecule has 0 saturated carbocycles. The number of hydrogen-bond acceptors (Lipinski definition) is 1. The van der Waals surface area contributed by atoms with Crippen LogP contribution in [-0.4, -0.2) is 7.11 Å². The normalized spacial score (nSPS) is 9.71. The summed E-state index contributed by atoms with van der Waals surface area (Å²) in [4.78, 5) is 0. The average Bonchev–Trinajstić information content (AvgIpc) is 2.39. The zero-order chi connectivity index (χ0) is 12.3. The molecule has 0 spiro atoms. The summed E-state index contributed by atoms with van der Waals surface area (Å²) in [5.74, 6) is 3.43. The maximum atomic E-state index is 5.86. The van der Waals surface area contributed by atoms with Crippen molar-refractivity contribution in [2.24, 2.45) is 0 Å². The van der Waals surface area contributed by atoms with Crippen molar-refractivity contribution in [1.29, 1.82) is 0 Å². The second-order valence-electron chi connectivity index (χ2n) is 3.56. The number of ether oxygens (including phenoxy) is 1. The van der Waals surface area contributed by atoms with E-state index in [1.165, 1.54) is 0 Å². The van der Waals surface area contributed by atoms with Gasteiger partial charge in [0.25, 0.3) is 0 Å². The van der Waals surface area contributed by atoms with Crippen molar-refractivity contribution in [3.05, 3.63) is 53.1 Å². The molecule has 0 aliphatic heterocycles. The van der Waals surface area contributed by atoms with Crippen LogP contribution in [0.4, 0.5) is 0 Å². The predicted molar refractivity (Wildman–Crippen MR) is 71.4 cm³/mol. The number of benzene rings is 2. The summed E-state index contributed by atoms with van der Waals surface area (Å²) in [6.07, 6.45) is 5.51. The Morgan fingerprint density at radius 2 is 1.82 bits per heavy atom. The lowest BCUT2D eigenvalue weighted by Crippen LogP contribution is -1.88. The molecule has 0 heterocycles. The molecule has 2 aromatic rings. The lowest BCUT2D eigenvalue weighted by molar-refractivity contribution is 0.415. The summed E-state index contributed by atoms with van der Waals surface area (Å²) in [6.45, 7) is 0. The third kappa shape index (κ3) is 2.43. The van der Waals surface area contributed by atoms with Crippen LogP contribution >= 0.6 is 11.6 Å². The number of hydrogen-bond donors (Lipinski definition) is 0. The summed E-state index contributed by atoms with van der Waals surface area (Å²) in [5.41, 5.74) is 2.86. The fraction of sp³-hybridized carbons (Fsp3) is 0.0667. The molecule has 0 amide bonds. The maximum Gasteiger partial charge on any atom is 0.120 e. The highest BCUT2D eigenvalue weighted by Gasteiger charge is 2.04. The van der Waals surface area contributed by atoms with E-state index in [9.17, 15) is 0 Å². The van der Waals surface area contributed by atoms with Gasteiger partial charge in [-0.25, -0.2) is 0 Å². The van der Waals surface area contributed by atoms with Crippen LogP contribution in [-0.2, 0) is 0 Å². The summed E-state index contributed by atoms with van der Waals surface area (Å²) in [7, 11) is 1.62. The van der Waals surface area contributed by atoms with E-state index in [2.05, 4.69) is 5.92 Å². The van der Waals surface area contributed by atoms with Gasteiger partial charge in [0.1, 0.15) is 5.75 Å². The first-order valence-electron chi connectivity index (χ1n) is 5.15. The maximum absolute atomic E-state index is 5.86. The van der Waals surface area contributed by atoms with Crippen LogP contribution in [0.25, 0.3) is 11.1 Å². The van der Waals surface area contributed by atoms with E-state index in [4.69, 9.17) is 22.8 Å². The van der Waals surface area contributed by atoms with Crippen LogP contribution in [0.2, 0.25) is 5.02 Å². The zero-order valence-electron chi connectivity index (χ0n) is 9.41. The molecule has 0 atom stereocenters. The highest BCUT2D eigenvalue weighted by molar-refractivity contribution is 6.30. The Kier molecular flexibility index (Phi) is 3.37. The van der Waals surface area contributed by atoms with Crippen LogP contribution in [0.5, 0.6) is 5.75 Å². The third-order valence-electron chi connectivity index (χ3n) is 2.54. The Morgan fingerprint density at radius 1 is 1.12 bits per heavy atom. The molecule has 0 aliphatic carbocycles. The molecule has 0 N–H and O–H groups in total. The van der Waals surface area contributed by atoms with E-state index in [-0.39, 0.29) is 0 Å². The first-order valence-corrected chi connectivity index (χ1v) is 5.53. The van der Waals surface area contributed by atoms with Crippen LogP contribution in [0.3, 0.4) is 0 Å². The smallest absolute Gasteiger partial charge is 0.120 e. The van der Waals surface area contributed by atoms with Crippen molar-refractivity contribution in [2.45, 2.75) is 0 Å². The number of methoxy groups -OCH3 is 1. The van der Waals surface area contributed by atoms with Gasteiger partial charge in [0.15, 0.2) is 0 Å². The molecule has 0 fully saturated rings. The fourth-order valence-electron chi connectivity index (χ4n) is 1.65. The summed E-state index contributed by atoms with van der Waals surface area (Å²) < 4.78 is 5.15. The molecule has 2 heteroatoms. The predicted octanol–water partition coefficient (Wildman–Crippen LogP) is 4.00. The number of terminal acetylenes is 1. The van der Waals surface area contributed by atoms with Crippen molar-refractivity contribution in [3.8, 4) is 29.2 Å². The molecule has 84 valence electrons. The molecule has 0 bridgehead atoms. The van der Waals surface area contributed by atoms with E-state index in [0.29, 0.717) is 5.02 Å². The van der Waals surface area contributed by atoms with Crippen LogP contribution in [0.15, 0.2) is 42.5 Å². The second-order valence-corrected chi connectivity index (χ2v) is 4.00. The van der Waals surface area contributed by atoms with Crippen molar-refractivity contribution in [1.82, 2.24) is 0 Å². The first-order chi connectivity index (χ1) is 8.24. The van der Waals surface area contributed by atoms with Crippen LogP contribution in [0.1, 0.15) is 5.56 Å². The first kappa shape index (κ1) is 11.6. The van der Waals surface area contributed by atoms with E-state index < -0.39 is 0 Å². The summed E-state index contributed by atoms with van der Waals surface area (Å²) in [5, 5.41) is 0.713. The van der Waals surface area contributed by atoms with Crippen molar-refractivity contribution < 1.29 is 4.74 Å². The van der Waals surface area contributed by atoms with E-state index in [0.717, 1.165) is 22.4 Å². The summed E-state index contributed by atoms with van der Waals surface area (Å²) in [6, 6.07) is 13.3. The van der Waals surface area contributed by atoms with Gasteiger partial charge in [0, 0.05) is 10.6 Å². The minimum atomic E-state index is 0.713. The second kappa shape index (κ2) is 4.95. The molecular weight excluding hydrogens is 232 g/mol. The SMILES string of the molecule is C#Cc1cc(OC)ccc1-c1ccc(Cl)cc1. The van der Waals surface area contributed by atoms with Gasteiger partial charge in [-0.05, 0) is 41.5 Å². The lowest BCUT2D eigenvalue weighted by atomic mass is 10.00. The lowest BCUT2D eigenvalue weighted by Gasteiger charge is -2.07. The van der Waals surface area contributed by atoms with Gasteiger partial charge < -0.3 is 4.74 Å². The third-order valence-corrected chi connectivity index (χ3v) is 2.79. The number of halogens is 1. The Bertz CT molecular complexity index is 564. The molecule has 0 aliphatic rings. The van der Waals surface area contributed by atoms with Crippen LogP contribution < -0.4 is 4.74 Å². The minimum absolute atomic E-state index is 0.713. The van der Waals surface area contributed by atoms with Gasteiger partial charge in [-0.3, -0.25) is 0 Å². The Morgan fingerprint density at radius 3 is 2.41 bits per heavy atom. The zero-order valence-corrected chi connectivity index (χ0v) is 10.2. The highest BCUT2D eigenvalue weighted by Crippen LogP contribution is 2.27. The minimum Gasteiger partial charge on any atom is -0.497 e. The molecule has 0 aromatic heterocycles.